The van der Waals surface area contributed by atoms with Gasteiger partial charge >= 0.3 is 0 Å². The number of methoxy groups -OCH3 is 1. The van der Waals surface area contributed by atoms with E-state index in [9.17, 15) is 0 Å². The number of nitrogens with one attached hydrogen (secondary N) is 2. The maximum Gasteiger partial charge on any atom is 0.191 e. The Kier molecular flexibility index (Phi) is 7.89. The van der Waals surface area contributed by atoms with Gasteiger partial charge in [0.05, 0.1) is 13.3 Å². The van der Waals surface area contributed by atoms with Crippen molar-refractivity contribution in [3.05, 3.63) is 54.1 Å². The summed E-state index contributed by atoms with van der Waals surface area (Å²) >= 11 is 5.24. The monoisotopic (exact) mass is 370 g/mol. The minimum atomic E-state index is 0.433. The number of ether oxygens (including phenoxy) is 1. The van der Waals surface area contributed by atoms with Crippen LogP contribution >= 0.6 is 12.2 Å². The van der Waals surface area contributed by atoms with Crippen LogP contribution in [0.1, 0.15) is 25.8 Å². The zero-order valence-corrected chi connectivity index (χ0v) is 16.3. The van der Waals surface area contributed by atoms with Gasteiger partial charge in [0.15, 0.2) is 5.11 Å². The summed E-state index contributed by atoms with van der Waals surface area (Å²) in [4.78, 5) is 2.35. The summed E-state index contributed by atoms with van der Waals surface area (Å²) in [6, 6.07) is 15.9. The fraction of sp³-hybridized carbons (Fsp3) is 0.300. The van der Waals surface area contributed by atoms with Gasteiger partial charge in [-0.3, -0.25) is 5.43 Å². The molecule has 0 aliphatic carbocycles. The van der Waals surface area contributed by atoms with Crippen LogP contribution < -0.4 is 20.4 Å². The van der Waals surface area contributed by atoms with E-state index in [-0.39, 0.29) is 0 Å². The van der Waals surface area contributed by atoms with Gasteiger partial charge in [-0.25, -0.2) is 0 Å². The maximum atomic E-state index is 5.24. The van der Waals surface area contributed by atoms with E-state index in [0.717, 1.165) is 36.5 Å². The highest BCUT2D eigenvalue weighted by Gasteiger charge is 2.02. The Morgan fingerprint density at radius 3 is 2.38 bits per heavy atom. The molecule has 0 spiro atoms. The van der Waals surface area contributed by atoms with Crippen LogP contribution in [0.15, 0.2) is 53.6 Å². The number of benzene rings is 2. The molecular formula is C20H26N4OS. The number of rotatable bonds is 8. The maximum absolute atomic E-state index is 5.24. The molecule has 6 heteroatoms. The van der Waals surface area contributed by atoms with Crippen molar-refractivity contribution in [2.24, 2.45) is 5.10 Å². The van der Waals surface area contributed by atoms with Gasteiger partial charge in [-0.05, 0) is 67.5 Å². The lowest BCUT2D eigenvalue weighted by Crippen LogP contribution is -2.24. The van der Waals surface area contributed by atoms with E-state index in [4.69, 9.17) is 17.0 Å². The lowest BCUT2D eigenvalue weighted by atomic mass is 10.2. The van der Waals surface area contributed by atoms with E-state index >= 15 is 0 Å². The van der Waals surface area contributed by atoms with E-state index in [1.165, 1.54) is 5.69 Å². The normalized spacial score (nSPS) is 10.6. The molecule has 0 amide bonds. The van der Waals surface area contributed by atoms with Crippen LogP contribution in [0.3, 0.4) is 0 Å². The van der Waals surface area contributed by atoms with Crippen molar-refractivity contribution in [2.45, 2.75) is 20.3 Å². The average molecular weight is 371 g/mol. The summed E-state index contributed by atoms with van der Waals surface area (Å²) in [5.41, 5.74) is 5.95. The first-order valence-corrected chi connectivity index (χ1v) is 9.16. The summed E-state index contributed by atoms with van der Waals surface area (Å²) < 4.78 is 5.13. The highest BCUT2D eigenvalue weighted by molar-refractivity contribution is 7.80. The molecule has 0 saturated heterocycles. The second-order valence-electron chi connectivity index (χ2n) is 5.72. The Labute approximate surface area is 161 Å². The molecule has 0 aromatic heterocycles. The minimum absolute atomic E-state index is 0.433. The Hall–Kier alpha value is -2.60. The molecule has 0 bridgehead atoms. The molecule has 0 unspecified atom stereocenters. The molecule has 0 aliphatic rings. The standard InChI is InChI=1S/C20H26N4OS/c1-4-14-24(5-2)18-10-6-16(7-11-18)15-21-23-20(26)22-17-8-12-19(25-3)13-9-17/h6-13,15H,4-5,14H2,1-3H3,(H2,22,23,26). The summed E-state index contributed by atoms with van der Waals surface area (Å²) in [6.07, 6.45) is 2.89. The van der Waals surface area contributed by atoms with Crippen molar-refractivity contribution in [1.82, 2.24) is 5.43 Å². The molecule has 138 valence electrons. The van der Waals surface area contributed by atoms with Crippen molar-refractivity contribution in [2.75, 3.05) is 30.4 Å². The fourth-order valence-corrected chi connectivity index (χ4v) is 2.68. The Bertz CT molecular complexity index is 714. The summed E-state index contributed by atoms with van der Waals surface area (Å²) in [5.74, 6) is 0.802. The second-order valence-corrected chi connectivity index (χ2v) is 6.13. The van der Waals surface area contributed by atoms with Crippen LogP contribution in [0.4, 0.5) is 11.4 Å². The zero-order valence-electron chi connectivity index (χ0n) is 15.5. The fourth-order valence-electron chi connectivity index (χ4n) is 2.51. The van der Waals surface area contributed by atoms with Crippen LogP contribution in [-0.4, -0.2) is 31.5 Å². The predicted molar refractivity (Wildman–Crippen MR) is 115 cm³/mol. The van der Waals surface area contributed by atoms with Crippen LogP contribution in [0.2, 0.25) is 0 Å². The molecular weight excluding hydrogens is 344 g/mol. The number of nitrogens with zero attached hydrogens (tertiary/aromatic N) is 2. The van der Waals surface area contributed by atoms with Crippen LogP contribution in [0.25, 0.3) is 0 Å². The SMILES string of the molecule is CCCN(CC)c1ccc(C=NNC(=S)Nc2ccc(OC)cc2)cc1. The number of thiocarbonyl (C=S) groups is 1. The van der Waals surface area contributed by atoms with Gasteiger partial charge in [-0.1, -0.05) is 19.1 Å². The van der Waals surface area contributed by atoms with E-state index < -0.39 is 0 Å². The molecule has 5 nitrogen and oxygen atoms in total. The smallest absolute Gasteiger partial charge is 0.191 e. The highest BCUT2D eigenvalue weighted by atomic mass is 32.1. The van der Waals surface area contributed by atoms with E-state index in [1.54, 1.807) is 13.3 Å². The van der Waals surface area contributed by atoms with E-state index in [2.05, 4.69) is 58.9 Å². The van der Waals surface area contributed by atoms with E-state index in [0.29, 0.717) is 5.11 Å². The Morgan fingerprint density at radius 1 is 1.12 bits per heavy atom. The first-order valence-electron chi connectivity index (χ1n) is 8.75. The zero-order chi connectivity index (χ0) is 18.8. The van der Waals surface area contributed by atoms with Gasteiger partial charge in [-0.15, -0.1) is 0 Å². The van der Waals surface area contributed by atoms with Crippen molar-refractivity contribution in [3.8, 4) is 5.75 Å². The minimum Gasteiger partial charge on any atom is -0.497 e. The lowest BCUT2D eigenvalue weighted by Gasteiger charge is -2.22. The molecule has 0 saturated carbocycles. The third-order valence-electron chi connectivity index (χ3n) is 3.86. The topological polar surface area (TPSA) is 48.9 Å². The van der Waals surface area contributed by atoms with Gasteiger partial charge in [0.25, 0.3) is 0 Å². The van der Waals surface area contributed by atoms with E-state index in [1.807, 2.05) is 24.3 Å². The lowest BCUT2D eigenvalue weighted by molar-refractivity contribution is 0.415. The quantitative estimate of drug-likeness (QED) is 0.413. The predicted octanol–water partition coefficient (Wildman–Crippen LogP) is 4.25. The molecule has 2 rings (SSSR count). The molecule has 0 aliphatic heterocycles. The number of hydrazone groups is 1. The second kappa shape index (κ2) is 10.4. The van der Waals surface area contributed by atoms with Crippen LogP contribution in [0, 0.1) is 0 Å². The summed E-state index contributed by atoms with van der Waals surface area (Å²) in [7, 11) is 1.64. The molecule has 0 radical (unpaired) electrons. The average Bonchev–Trinajstić information content (AvgIpc) is 2.67. The van der Waals surface area contributed by atoms with Gasteiger partial charge in [-0.2, -0.15) is 5.10 Å². The summed E-state index contributed by atoms with van der Waals surface area (Å²) in [5, 5.41) is 7.69. The largest absolute Gasteiger partial charge is 0.497 e. The first-order chi connectivity index (χ1) is 12.7. The first kappa shape index (κ1) is 19.7. The molecule has 2 aromatic carbocycles. The highest BCUT2D eigenvalue weighted by Crippen LogP contribution is 2.15. The van der Waals surface area contributed by atoms with Gasteiger partial charge < -0.3 is 15.0 Å². The van der Waals surface area contributed by atoms with Crippen LogP contribution in [-0.2, 0) is 0 Å². The molecule has 2 N–H and O–H groups in total. The number of hydrogen-bond donors (Lipinski definition) is 2. The number of anilines is 2. The Balaban J connectivity index is 1.85. The van der Waals surface area contributed by atoms with Crippen molar-refractivity contribution < 1.29 is 4.74 Å². The van der Waals surface area contributed by atoms with Crippen molar-refractivity contribution in [1.29, 1.82) is 0 Å². The van der Waals surface area contributed by atoms with Gasteiger partial charge in [0.1, 0.15) is 5.75 Å². The molecule has 2 aromatic rings. The third kappa shape index (κ3) is 6.04. The van der Waals surface area contributed by atoms with Crippen LogP contribution in [0.5, 0.6) is 5.75 Å². The van der Waals surface area contributed by atoms with Crippen molar-refractivity contribution in [3.63, 3.8) is 0 Å². The molecule has 0 fully saturated rings. The molecule has 0 atom stereocenters. The third-order valence-corrected chi connectivity index (χ3v) is 4.05. The summed E-state index contributed by atoms with van der Waals surface area (Å²) in [6.45, 7) is 6.44. The van der Waals surface area contributed by atoms with Gasteiger partial charge in [0, 0.05) is 24.5 Å². The molecule has 26 heavy (non-hydrogen) atoms. The Morgan fingerprint density at radius 2 is 1.81 bits per heavy atom. The number of hydrogen-bond acceptors (Lipinski definition) is 4. The molecule has 0 heterocycles. The van der Waals surface area contributed by atoms with Gasteiger partial charge in [0.2, 0.25) is 0 Å². The van der Waals surface area contributed by atoms with Crippen molar-refractivity contribution >= 4 is 34.9 Å².